The second kappa shape index (κ2) is 12.0. The zero-order valence-electron chi connectivity index (χ0n) is 18.8. The molecular weight excluding hydrogens is 482 g/mol. The lowest BCUT2D eigenvalue weighted by molar-refractivity contribution is -0.118. The molecule has 4 rings (SSSR count). The van der Waals surface area contributed by atoms with Crippen molar-refractivity contribution in [3.8, 4) is 22.8 Å². The summed E-state index contributed by atoms with van der Waals surface area (Å²) in [6.07, 6.45) is 3.15. The Morgan fingerprint density at radius 1 is 1.03 bits per heavy atom. The summed E-state index contributed by atoms with van der Waals surface area (Å²) in [4.78, 5) is 12.4. The summed E-state index contributed by atoms with van der Waals surface area (Å²) in [5.41, 5.74) is 5.20. The average Bonchev–Trinajstić information content (AvgIpc) is 3.32. The van der Waals surface area contributed by atoms with Gasteiger partial charge in [0.15, 0.2) is 11.0 Å². The lowest BCUT2D eigenvalue weighted by atomic mass is 10.2. The van der Waals surface area contributed by atoms with Crippen LogP contribution in [0.2, 0.25) is 0 Å². The number of thioether (sulfide) groups is 1. The lowest BCUT2D eigenvalue weighted by Crippen LogP contribution is -2.19. The summed E-state index contributed by atoms with van der Waals surface area (Å²) in [7, 11) is 1.62. The molecule has 0 fully saturated rings. The third-order valence-corrected chi connectivity index (χ3v) is 5.95. The van der Waals surface area contributed by atoms with Gasteiger partial charge in [-0.3, -0.25) is 9.36 Å². The number of nitrogens with zero attached hydrogens (tertiary/aromatic N) is 4. The summed E-state index contributed by atoms with van der Waals surface area (Å²) < 4.78 is 7.17. The molecule has 35 heavy (non-hydrogen) atoms. The fourth-order valence-electron chi connectivity index (χ4n) is 3.17. The molecule has 0 saturated carbocycles. The van der Waals surface area contributed by atoms with Crippen LogP contribution >= 0.6 is 23.4 Å². The minimum atomic E-state index is -0.288. The van der Waals surface area contributed by atoms with Gasteiger partial charge >= 0.3 is 0 Å². The van der Waals surface area contributed by atoms with Crippen LogP contribution in [0.4, 0.5) is 0 Å². The van der Waals surface area contributed by atoms with Crippen molar-refractivity contribution in [2.45, 2.75) is 5.16 Å². The number of hydrazone groups is 1. The highest BCUT2D eigenvalue weighted by molar-refractivity contribution is 7.99. The number of para-hydroxylation sites is 1. The molecule has 0 saturated heterocycles. The van der Waals surface area contributed by atoms with E-state index in [9.17, 15) is 4.79 Å². The number of rotatable bonds is 9. The fraction of sp³-hybridized carbons (Fsp3) is 0.0769. The number of nitrogens with one attached hydrogen (secondary N) is 1. The number of halogens is 1. The first-order valence-corrected chi connectivity index (χ1v) is 12.0. The SMILES string of the molecule is COc1ccc(-c2nnc(SCC(=O)NN=CC(Cl)=Cc3ccccc3)n2-c2ccccc2)cc1. The van der Waals surface area contributed by atoms with Gasteiger partial charge < -0.3 is 4.74 Å². The smallest absolute Gasteiger partial charge is 0.250 e. The van der Waals surface area contributed by atoms with E-state index >= 15 is 0 Å². The van der Waals surface area contributed by atoms with Crippen molar-refractivity contribution in [1.29, 1.82) is 0 Å². The first kappa shape index (κ1) is 24.3. The van der Waals surface area contributed by atoms with E-state index in [0.29, 0.717) is 16.0 Å². The fourth-order valence-corrected chi connectivity index (χ4v) is 4.09. The van der Waals surface area contributed by atoms with Crippen molar-refractivity contribution in [2.24, 2.45) is 5.10 Å². The third kappa shape index (κ3) is 6.59. The predicted octanol–water partition coefficient (Wildman–Crippen LogP) is 5.42. The molecule has 9 heteroatoms. The van der Waals surface area contributed by atoms with Gasteiger partial charge in [0, 0.05) is 11.3 Å². The quantitative estimate of drug-likeness (QED) is 0.187. The standard InChI is InChI=1S/C26H22ClN5O2S/c1-34-23-14-12-20(13-15-23)25-30-31-26(32(25)22-10-6-3-7-11-22)35-18-24(33)29-28-17-21(27)16-19-8-4-2-5-9-19/h2-17H,18H2,1H3,(H,29,33). The number of methoxy groups -OCH3 is 1. The van der Waals surface area contributed by atoms with E-state index < -0.39 is 0 Å². The molecule has 176 valence electrons. The van der Waals surface area contributed by atoms with Gasteiger partial charge in [-0.05, 0) is 48.0 Å². The molecule has 0 radical (unpaired) electrons. The molecule has 1 aromatic heterocycles. The molecule has 7 nitrogen and oxygen atoms in total. The van der Waals surface area contributed by atoms with Crippen molar-refractivity contribution < 1.29 is 9.53 Å². The highest BCUT2D eigenvalue weighted by Crippen LogP contribution is 2.28. The van der Waals surface area contributed by atoms with Crippen molar-refractivity contribution in [3.05, 3.63) is 95.5 Å². The zero-order chi connectivity index (χ0) is 24.5. The first-order valence-electron chi connectivity index (χ1n) is 10.7. The number of aromatic nitrogens is 3. The number of ether oxygens (including phenoxy) is 1. The lowest BCUT2D eigenvalue weighted by Gasteiger charge is -2.10. The highest BCUT2D eigenvalue weighted by Gasteiger charge is 2.17. The van der Waals surface area contributed by atoms with Crippen LogP contribution < -0.4 is 10.2 Å². The van der Waals surface area contributed by atoms with Gasteiger partial charge in [0.1, 0.15) is 5.75 Å². The van der Waals surface area contributed by atoms with Crippen molar-refractivity contribution in [1.82, 2.24) is 20.2 Å². The summed E-state index contributed by atoms with van der Waals surface area (Å²) in [5, 5.41) is 13.6. The largest absolute Gasteiger partial charge is 0.497 e. The number of allylic oxidation sites excluding steroid dienone is 1. The molecule has 0 atom stereocenters. The third-order valence-electron chi connectivity index (χ3n) is 4.81. The number of benzene rings is 3. The van der Waals surface area contributed by atoms with Gasteiger partial charge in [0.2, 0.25) is 0 Å². The van der Waals surface area contributed by atoms with Gasteiger partial charge in [-0.15, -0.1) is 10.2 Å². The summed E-state index contributed by atoms with van der Waals surface area (Å²) in [5.74, 6) is 1.23. The van der Waals surface area contributed by atoms with Crippen molar-refractivity contribution >= 4 is 41.6 Å². The van der Waals surface area contributed by atoms with E-state index in [-0.39, 0.29) is 11.7 Å². The molecule has 0 bridgehead atoms. The monoisotopic (exact) mass is 503 g/mol. The number of hydrogen-bond acceptors (Lipinski definition) is 6. The number of hydrogen-bond donors (Lipinski definition) is 1. The van der Waals surface area contributed by atoms with E-state index in [0.717, 1.165) is 22.6 Å². The normalized spacial score (nSPS) is 11.5. The second-order valence-corrected chi connectivity index (χ2v) is 8.61. The molecule has 0 aliphatic heterocycles. The molecular formula is C26H22ClN5O2S. The molecule has 4 aromatic rings. The van der Waals surface area contributed by atoms with Crippen LogP contribution in [0, 0.1) is 0 Å². The van der Waals surface area contributed by atoms with Crippen molar-refractivity contribution in [2.75, 3.05) is 12.9 Å². The van der Waals surface area contributed by atoms with Crippen LogP contribution in [0.15, 0.2) is 100 Å². The molecule has 0 spiro atoms. The Hall–Kier alpha value is -3.88. The maximum Gasteiger partial charge on any atom is 0.250 e. The molecule has 1 amide bonds. The summed E-state index contributed by atoms with van der Waals surface area (Å²) in [6, 6.07) is 26.9. The molecule has 0 unspecified atom stereocenters. The van der Waals surface area contributed by atoms with Crippen LogP contribution in [-0.2, 0) is 4.79 Å². The van der Waals surface area contributed by atoms with Crippen LogP contribution in [-0.4, -0.2) is 39.7 Å². The number of carbonyl (C=O) groups is 1. The second-order valence-electron chi connectivity index (χ2n) is 7.23. The van der Waals surface area contributed by atoms with Gasteiger partial charge in [0.05, 0.1) is 24.1 Å². The van der Waals surface area contributed by atoms with Crippen LogP contribution in [0.5, 0.6) is 5.75 Å². The molecule has 0 aliphatic rings. The van der Waals surface area contributed by atoms with Crippen LogP contribution in [0.1, 0.15) is 5.56 Å². The minimum Gasteiger partial charge on any atom is -0.497 e. The van der Waals surface area contributed by atoms with E-state index in [1.54, 1.807) is 13.2 Å². The topological polar surface area (TPSA) is 81.4 Å². The van der Waals surface area contributed by atoms with Crippen LogP contribution in [0.25, 0.3) is 23.2 Å². The van der Waals surface area contributed by atoms with Crippen molar-refractivity contribution in [3.63, 3.8) is 0 Å². The first-order chi connectivity index (χ1) is 17.1. The molecule has 0 aliphatic carbocycles. The van der Waals surface area contributed by atoms with Gasteiger partial charge in [-0.2, -0.15) is 5.10 Å². The Morgan fingerprint density at radius 3 is 2.40 bits per heavy atom. The Labute approximate surface area is 212 Å². The molecule has 3 aromatic carbocycles. The minimum absolute atomic E-state index is 0.102. The Kier molecular flexibility index (Phi) is 8.32. The highest BCUT2D eigenvalue weighted by atomic mass is 35.5. The van der Waals surface area contributed by atoms with Gasteiger partial charge in [-0.25, -0.2) is 5.43 Å². The van der Waals surface area contributed by atoms with Gasteiger partial charge in [0.25, 0.3) is 5.91 Å². The Morgan fingerprint density at radius 2 is 1.71 bits per heavy atom. The zero-order valence-corrected chi connectivity index (χ0v) is 20.4. The van der Waals surface area contributed by atoms with E-state index in [1.807, 2.05) is 89.5 Å². The predicted molar refractivity (Wildman–Crippen MR) is 141 cm³/mol. The number of amides is 1. The molecule has 1 heterocycles. The molecule has 1 N–H and O–H groups in total. The van der Waals surface area contributed by atoms with E-state index in [1.165, 1.54) is 18.0 Å². The van der Waals surface area contributed by atoms with Gasteiger partial charge in [-0.1, -0.05) is 71.9 Å². The maximum absolute atomic E-state index is 12.4. The maximum atomic E-state index is 12.4. The Bertz CT molecular complexity index is 1320. The summed E-state index contributed by atoms with van der Waals surface area (Å²) in [6.45, 7) is 0. The summed E-state index contributed by atoms with van der Waals surface area (Å²) >= 11 is 7.43. The Balaban J connectivity index is 1.45. The van der Waals surface area contributed by atoms with E-state index in [4.69, 9.17) is 16.3 Å². The number of carbonyl (C=O) groups excluding carboxylic acids is 1. The average molecular weight is 504 g/mol. The van der Waals surface area contributed by atoms with Crippen LogP contribution in [0.3, 0.4) is 0 Å². The van der Waals surface area contributed by atoms with E-state index in [2.05, 4.69) is 20.7 Å².